The molecule has 0 spiro atoms. The van der Waals surface area contributed by atoms with Crippen LogP contribution in [0.4, 0.5) is 0 Å². The van der Waals surface area contributed by atoms with Crippen molar-refractivity contribution >= 4 is 5.97 Å². The average molecular weight is 405 g/mol. The van der Waals surface area contributed by atoms with Crippen molar-refractivity contribution < 1.29 is 29.6 Å². The largest absolute Gasteiger partial charge is 0.491 e. The normalized spacial score (nSPS) is 29.8. The SMILES string of the molecule is Cc1cccc(OCC(O)C=C[C@@H]2[C@@H]3CC(OCCCC(=O)O)C[C@H]3C[C@H]2O)c1. The van der Waals surface area contributed by atoms with E-state index < -0.39 is 12.1 Å². The summed E-state index contributed by atoms with van der Waals surface area (Å²) in [5.74, 6) is 0.717. The molecule has 0 heterocycles. The van der Waals surface area contributed by atoms with E-state index in [1.54, 1.807) is 6.08 Å². The zero-order valence-electron chi connectivity index (χ0n) is 16.9. The second-order valence-electron chi connectivity index (χ2n) is 8.35. The lowest BCUT2D eigenvalue weighted by molar-refractivity contribution is -0.137. The van der Waals surface area contributed by atoms with Crippen LogP contribution in [0.2, 0.25) is 0 Å². The lowest BCUT2D eigenvalue weighted by Crippen LogP contribution is -2.21. The van der Waals surface area contributed by atoms with E-state index in [2.05, 4.69) is 0 Å². The first-order valence-corrected chi connectivity index (χ1v) is 10.5. The molecule has 1 aromatic carbocycles. The lowest BCUT2D eigenvalue weighted by Gasteiger charge is -2.19. The summed E-state index contributed by atoms with van der Waals surface area (Å²) in [6.07, 6.45) is 5.89. The summed E-state index contributed by atoms with van der Waals surface area (Å²) in [7, 11) is 0. The number of benzene rings is 1. The highest BCUT2D eigenvalue weighted by atomic mass is 16.5. The van der Waals surface area contributed by atoms with Crippen LogP contribution in [0.25, 0.3) is 0 Å². The van der Waals surface area contributed by atoms with Gasteiger partial charge in [0.15, 0.2) is 0 Å². The maximum atomic E-state index is 10.6. The Morgan fingerprint density at radius 2 is 2.14 bits per heavy atom. The molecule has 2 aliphatic rings. The fraction of sp³-hybridized carbons (Fsp3) is 0.609. The molecule has 0 aliphatic heterocycles. The van der Waals surface area contributed by atoms with Crippen LogP contribution >= 0.6 is 0 Å². The number of carbonyl (C=O) groups is 1. The molecule has 6 heteroatoms. The minimum absolute atomic E-state index is 0.0150. The Morgan fingerprint density at radius 1 is 1.31 bits per heavy atom. The number of ether oxygens (including phenoxy) is 2. The summed E-state index contributed by atoms with van der Waals surface area (Å²) in [5.41, 5.74) is 1.11. The molecule has 0 saturated heterocycles. The van der Waals surface area contributed by atoms with Crippen molar-refractivity contribution in [3.8, 4) is 5.75 Å². The Balaban J connectivity index is 1.45. The number of aliphatic carboxylic acids is 1. The van der Waals surface area contributed by atoms with Gasteiger partial charge in [-0.05, 0) is 62.1 Å². The topological polar surface area (TPSA) is 96.2 Å². The monoisotopic (exact) mass is 404 g/mol. The quantitative estimate of drug-likeness (QED) is 0.410. The van der Waals surface area contributed by atoms with Crippen molar-refractivity contribution in [1.29, 1.82) is 0 Å². The van der Waals surface area contributed by atoms with E-state index in [-0.39, 0.29) is 31.2 Å². The molecule has 0 radical (unpaired) electrons. The predicted octanol–water partition coefficient (Wildman–Crippen LogP) is 2.95. The number of carboxylic acids is 1. The standard InChI is InChI=1S/C23H32O6/c1-15-4-2-5-18(10-15)29-14-17(24)7-8-20-21-13-19(11-16(21)12-22(20)25)28-9-3-6-23(26)27/h2,4-5,7-8,10,16-17,19-22,24-25H,3,6,9,11-14H2,1H3,(H,26,27)/t16-,17?,19?,20+,21+,22+/m0/s1. The predicted molar refractivity (Wildman–Crippen MR) is 109 cm³/mol. The summed E-state index contributed by atoms with van der Waals surface area (Å²) < 4.78 is 11.5. The molecule has 0 amide bonds. The Labute approximate surface area is 172 Å². The second-order valence-corrected chi connectivity index (χ2v) is 8.35. The van der Waals surface area contributed by atoms with E-state index >= 15 is 0 Å². The summed E-state index contributed by atoms with van der Waals surface area (Å²) in [4.78, 5) is 10.6. The summed E-state index contributed by atoms with van der Waals surface area (Å²) >= 11 is 0. The highest BCUT2D eigenvalue weighted by Gasteiger charge is 2.47. The third kappa shape index (κ3) is 6.29. The maximum absolute atomic E-state index is 10.6. The molecule has 3 N–H and O–H groups in total. The van der Waals surface area contributed by atoms with Gasteiger partial charge in [-0.3, -0.25) is 4.79 Å². The molecule has 1 aromatic rings. The number of aliphatic hydroxyl groups excluding tert-OH is 2. The molecule has 29 heavy (non-hydrogen) atoms. The van der Waals surface area contributed by atoms with Crippen molar-refractivity contribution in [2.24, 2.45) is 17.8 Å². The molecule has 2 aliphatic carbocycles. The van der Waals surface area contributed by atoms with Gasteiger partial charge in [-0.1, -0.05) is 24.3 Å². The molecule has 6 atom stereocenters. The van der Waals surface area contributed by atoms with Crippen LogP contribution in [0.3, 0.4) is 0 Å². The fourth-order valence-corrected chi connectivity index (χ4v) is 4.68. The van der Waals surface area contributed by atoms with Gasteiger partial charge in [-0.25, -0.2) is 0 Å². The molecular formula is C23H32O6. The highest BCUT2D eigenvalue weighted by molar-refractivity contribution is 5.66. The van der Waals surface area contributed by atoms with Gasteiger partial charge in [0.05, 0.1) is 12.2 Å². The number of hydrogen-bond donors (Lipinski definition) is 3. The van der Waals surface area contributed by atoms with Crippen LogP contribution in [-0.2, 0) is 9.53 Å². The van der Waals surface area contributed by atoms with Gasteiger partial charge < -0.3 is 24.8 Å². The zero-order chi connectivity index (χ0) is 20.8. The molecule has 0 bridgehead atoms. The molecule has 2 saturated carbocycles. The van der Waals surface area contributed by atoms with Crippen molar-refractivity contribution in [3.63, 3.8) is 0 Å². The molecular weight excluding hydrogens is 372 g/mol. The van der Waals surface area contributed by atoms with Gasteiger partial charge in [0.25, 0.3) is 0 Å². The highest BCUT2D eigenvalue weighted by Crippen LogP contribution is 2.49. The first-order chi connectivity index (χ1) is 13.9. The van der Waals surface area contributed by atoms with Gasteiger partial charge in [0.1, 0.15) is 18.5 Å². The number of aryl methyl sites for hydroxylation is 1. The number of hydrogen-bond acceptors (Lipinski definition) is 5. The Morgan fingerprint density at radius 3 is 2.90 bits per heavy atom. The third-order valence-electron chi connectivity index (χ3n) is 6.04. The number of aliphatic hydroxyl groups is 2. The molecule has 2 unspecified atom stereocenters. The Bertz CT molecular complexity index is 702. The van der Waals surface area contributed by atoms with E-state index in [0.717, 1.165) is 30.6 Å². The third-order valence-corrected chi connectivity index (χ3v) is 6.04. The molecule has 160 valence electrons. The molecule has 0 aromatic heterocycles. The van der Waals surface area contributed by atoms with E-state index in [9.17, 15) is 15.0 Å². The van der Waals surface area contributed by atoms with E-state index in [1.807, 2.05) is 37.3 Å². The minimum atomic E-state index is -0.796. The van der Waals surface area contributed by atoms with Gasteiger partial charge in [-0.2, -0.15) is 0 Å². The fourth-order valence-electron chi connectivity index (χ4n) is 4.68. The summed E-state index contributed by atoms with van der Waals surface area (Å²) in [5, 5.41) is 29.4. The molecule has 2 fully saturated rings. The van der Waals surface area contributed by atoms with Gasteiger partial charge in [-0.15, -0.1) is 0 Å². The number of fused-ring (bicyclic) bond motifs is 1. The second kappa shape index (κ2) is 10.2. The van der Waals surface area contributed by atoms with Gasteiger partial charge >= 0.3 is 5.97 Å². The molecule has 3 rings (SSSR count). The number of rotatable bonds is 10. The van der Waals surface area contributed by atoms with Crippen LogP contribution in [-0.4, -0.2) is 52.8 Å². The summed E-state index contributed by atoms with van der Waals surface area (Å²) in [6.45, 7) is 2.63. The average Bonchev–Trinajstić information content (AvgIpc) is 3.18. The van der Waals surface area contributed by atoms with Crippen molar-refractivity contribution in [1.82, 2.24) is 0 Å². The minimum Gasteiger partial charge on any atom is -0.491 e. The van der Waals surface area contributed by atoms with Crippen molar-refractivity contribution in [3.05, 3.63) is 42.0 Å². The zero-order valence-corrected chi connectivity index (χ0v) is 16.9. The Kier molecular flexibility index (Phi) is 7.70. The van der Waals surface area contributed by atoms with Crippen LogP contribution < -0.4 is 4.74 Å². The van der Waals surface area contributed by atoms with Crippen LogP contribution in [0.1, 0.15) is 37.7 Å². The molecule has 6 nitrogen and oxygen atoms in total. The van der Waals surface area contributed by atoms with Crippen molar-refractivity contribution in [2.45, 2.75) is 57.3 Å². The number of carboxylic acid groups (broad SMARTS) is 1. The first-order valence-electron chi connectivity index (χ1n) is 10.5. The first kappa shape index (κ1) is 21.8. The van der Waals surface area contributed by atoms with E-state index in [0.29, 0.717) is 24.9 Å². The van der Waals surface area contributed by atoms with Crippen LogP contribution in [0.5, 0.6) is 5.75 Å². The van der Waals surface area contributed by atoms with Crippen molar-refractivity contribution in [2.75, 3.05) is 13.2 Å². The van der Waals surface area contributed by atoms with Gasteiger partial charge in [0.2, 0.25) is 0 Å². The van der Waals surface area contributed by atoms with Crippen LogP contribution in [0, 0.1) is 24.7 Å². The Hall–Kier alpha value is -1.89. The van der Waals surface area contributed by atoms with Crippen LogP contribution in [0.15, 0.2) is 36.4 Å². The summed E-state index contributed by atoms with van der Waals surface area (Å²) in [6, 6.07) is 7.70. The van der Waals surface area contributed by atoms with Gasteiger partial charge in [0, 0.05) is 18.9 Å². The lowest BCUT2D eigenvalue weighted by atomic mass is 9.90. The maximum Gasteiger partial charge on any atom is 0.303 e. The smallest absolute Gasteiger partial charge is 0.303 e. The van der Waals surface area contributed by atoms with E-state index in [1.165, 1.54) is 0 Å². The van der Waals surface area contributed by atoms with E-state index in [4.69, 9.17) is 14.6 Å².